The van der Waals surface area contributed by atoms with Gasteiger partial charge in [-0.1, -0.05) is 69.9 Å². The third-order valence-corrected chi connectivity index (χ3v) is 9.13. The number of guanidine groups is 1. The van der Waals surface area contributed by atoms with Gasteiger partial charge in [-0.25, -0.2) is 13.1 Å². The minimum absolute atomic E-state index is 0.138. The number of sulfonamides is 1. The first-order valence-corrected chi connectivity index (χ1v) is 17.6. The Morgan fingerprint density at radius 1 is 1.05 bits per heavy atom. The van der Waals surface area contributed by atoms with Gasteiger partial charge < -0.3 is 20.9 Å². The van der Waals surface area contributed by atoms with E-state index in [0.717, 1.165) is 50.3 Å². The van der Waals surface area contributed by atoms with Crippen molar-refractivity contribution in [3.8, 4) is 0 Å². The number of unbranched alkanes of at least 4 members (excludes halogenated alkanes) is 3. The molecular formula is C31H50N6O5S. The molecule has 1 aromatic rings. The van der Waals surface area contributed by atoms with Crippen molar-refractivity contribution in [3.63, 3.8) is 0 Å². The van der Waals surface area contributed by atoms with Crippen molar-refractivity contribution < 1.29 is 22.8 Å². The molecule has 11 nitrogen and oxygen atoms in total. The molecule has 0 radical (unpaired) electrons. The molecular weight excluding hydrogens is 568 g/mol. The quantitative estimate of drug-likeness (QED) is 0.164. The molecule has 0 aromatic heterocycles. The Labute approximate surface area is 257 Å². The van der Waals surface area contributed by atoms with Gasteiger partial charge in [0, 0.05) is 32.1 Å². The molecule has 3 amide bonds. The first kappa shape index (κ1) is 34.5. The summed E-state index contributed by atoms with van der Waals surface area (Å²) < 4.78 is 26.6. The van der Waals surface area contributed by atoms with Crippen LogP contribution in [-0.4, -0.2) is 86.4 Å². The summed E-state index contributed by atoms with van der Waals surface area (Å²) in [4.78, 5) is 46.8. The molecule has 2 heterocycles. The maximum absolute atomic E-state index is 13.5. The highest BCUT2D eigenvalue weighted by Gasteiger charge is 2.38. The molecule has 12 heteroatoms. The summed E-state index contributed by atoms with van der Waals surface area (Å²) in [6.45, 7) is 6.26. The lowest BCUT2D eigenvalue weighted by molar-refractivity contribution is -0.139. The van der Waals surface area contributed by atoms with Crippen LogP contribution in [0.4, 0.5) is 0 Å². The van der Waals surface area contributed by atoms with E-state index in [-0.39, 0.29) is 41.9 Å². The Kier molecular flexibility index (Phi) is 13.4. The number of carbonyl (C=O) groups excluding carboxylic acids is 3. The van der Waals surface area contributed by atoms with Gasteiger partial charge in [-0.15, -0.1) is 0 Å². The monoisotopic (exact) mass is 618 g/mol. The van der Waals surface area contributed by atoms with Crippen LogP contribution in [0.25, 0.3) is 0 Å². The average Bonchev–Trinajstić information content (AvgIpc) is 3.47. The summed E-state index contributed by atoms with van der Waals surface area (Å²) in [6, 6.07) is 7.60. The summed E-state index contributed by atoms with van der Waals surface area (Å²) in [5.41, 5.74) is 7.00. The van der Waals surface area contributed by atoms with Crippen LogP contribution < -0.4 is 15.8 Å². The number of rotatable bonds is 14. The standard InChI is InChI=1S/C31H50N6O5S/c1-4-5-6-8-12-23(2)28(38)34-31(32)36-19-16-25(17-20-36)22-33-29(39)27-15-11-18-37(27)30(40)26(35-43(3,41)42)21-24-13-9-7-10-14-24/h7,9-10,13-14,23,25-27,35H,4-6,8,11-12,15-22H2,1-3H3,(H,33,39)(H2,32,34,38)/t23?,26-,27+/m1/s1. The van der Waals surface area contributed by atoms with Gasteiger partial charge in [0.2, 0.25) is 21.8 Å². The molecule has 0 spiro atoms. The molecule has 2 fully saturated rings. The Balaban J connectivity index is 1.49. The van der Waals surface area contributed by atoms with E-state index in [2.05, 4.69) is 22.0 Å². The summed E-state index contributed by atoms with van der Waals surface area (Å²) in [5, 5.41) is 3.03. The number of aliphatic imine (C=N–C) groups is 1. The second kappa shape index (κ2) is 16.7. The first-order valence-electron chi connectivity index (χ1n) is 15.7. The minimum Gasteiger partial charge on any atom is -0.369 e. The Morgan fingerprint density at radius 3 is 2.40 bits per heavy atom. The highest BCUT2D eigenvalue weighted by Crippen LogP contribution is 2.21. The maximum Gasteiger partial charge on any atom is 0.251 e. The van der Waals surface area contributed by atoms with Crippen LogP contribution in [0, 0.1) is 11.8 Å². The lowest BCUT2D eigenvalue weighted by Crippen LogP contribution is -2.54. The number of nitrogens with zero attached hydrogens (tertiary/aromatic N) is 3. The number of likely N-dealkylation sites (tertiary alicyclic amines) is 2. The van der Waals surface area contributed by atoms with Gasteiger partial charge in [-0.3, -0.25) is 14.4 Å². The molecule has 43 heavy (non-hydrogen) atoms. The fourth-order valence-electron chi connectivity index (χ4n) is 5.81. The fourth-order valence-corrected chi connectivity index (χ4v) is 6.52. The number of carbonyl (C=O) groups is 3. The largest absolute Gasteiger partial charge is 0.369 e. The van der Waals surface area contributed by atoms with Crippen molar-refractivity contribution in [1.82, 2.24) is 19.8 Å². The van der Waals surface area contributed by atoms with E-state index >= 15 is 0 Å². The number of hydrogen-bond acceptors (Lipinski definition) is 5. The lowest BCUT2D eigenvalue weighted by atomic mass is 9.96. The van der Waals surface area contributed by atoms with E-state index in [1.807, 2.05) is 42.2 Å². The number of nitrogens with one attached hydrogen (secondary N) is 2. The molecule has 4 N–H and O–H groups in total. The van der Waals surface area contributed by atoms with Crippen molar-refractivity contribution >= 4 is 33.7 Å². The molecule has 0 aliphatic carbocycles. The summed E-state index contributed by atoms with van der Waals surface area (Å²) in [6.07, 6.45) is 9.33. The zero-order valence-electron chi connectivity index (χ0n) is 26.0. The van der Waals surface area contributed by atoms with Gasteiger partial charge in [0.1, 0.15) is 12.1 Å². The predicted molar refractivity (Wildman–Crippen MR) is 169 cm³/mol. The van der Waals surface area contributed by atoms with E-state index in [1.165, 1.54) is 11.3 Å². The van der Waals surface area contributed by atoms with Crippen LogP contribution >= 0.6 is 0 Å². The van der Waals surface area contributed by atoms with Gasteiger partial charge in [0.15, 0.2) is 5.96 Å². The number of nitrogens with two attached hydrogens (primary N) is 1. The first-order chi connectivity index (χ1) is 20.5. The van der Waals surface area contributed by atoms with Crippen LogP contribution in [-0.2, 0) is 30.8 Å². The van der Waals surface area contributed by atoms with Gasteiger partial charge in [0.05, 0.1) is 6.26 Å². The fraction of sp³-hybridized carbons (Fsp3) is 0.677. The smallest absolute Gasteiger partial charge is 0.251 e. The number of benzene rings is 1. The van der Waals surface area contributed by atoms with Crippen LogP contribution in [0.5, 0.6) is 0 Å². The number of piperidine rings is 1. The summed E-state index contributed by atoms with van der Waals surface area (Å²) in [5.74, 6) is -0.409. The normalized spacial score (nSPS) is 19.7. The molecule has 0 bridgehead atoms. The Morgan fingerprint density at radius 2 is 1.74 bits per heavy atom. The number of hydrogen-bond donors (Lipinski definition) is 3. The third-order valence-electron chi connectivity index (χ3n) is 8.42. The van der Waals surface area contributed by atoms with Crippen molar-refractivity contribution in [1.29, 1.82) is 0 Å². The second-order valence-corrected chi connectivity index (χ2v) is 13.8. The van der Waals surface area contributed by atoms with Gasteiger partial charge >= 0.3 is 0 Å². The Bertz CT molecular complexity index is 1200. The number of amides is 3. The van der Waals surface area contributed by atoms with Crippen molar-refractivity contribution in [3.05, 3.63) is 35.9 Å². The molecule has 2 aliphatic heterocycles. The van der Waals surface area contributed by atoms with E-state index in [1.54, 1.807) is 0 Å². The molecule has 3 atom stereocenters. The van der Waals surface area contributed by atoms with Crippen LogP contribution in [0.3, 0.4) is 0 Å². The molecule has 1 aromatic carbocycles. The van der Waals surface area contributed by atoms with Crippen molar-refractivity contribution in [2.45, 2.75) is 90.1 Å². The predicted octanol–water partition coefficient (Wildman–Crippen LogP) is 2.41. The van der Waals surface area contributed by atoms with E-state index in [9.17, 15) is 22.8 Å². The second-order valence-electron chi connectivity index (χ2n) is 12.1. The third kappa shape index (κ3) is 11.2. The average molecular weight is 619 g/mol. The highest BCUT2D eigenvalue weighted by atomic mass is 32.2. The van der Waals surface area contributed by atoms with Crippen LogP contribution in [0.2, 0.25) is 0 Å². The minimum atomic E-state index is -3.65. The van der Waals surface area contributed by atoms with E-state index < -0.39 is 22.1 Å². The topological polar surface area (TPSA) is 154 Å². The van der Waals surface area contributed by atoms with Crippen LogP contribution in [0.1, 0.15) is 77.2 Å². The van der Waals surface area contributed by atoms with Gasteiger partial charge in [0.25, 0.3) is 5.91 Å². The molecule has 2 saturated heterocycles. The highest BCUT2D eigenvalue weighted by molar-refractivity contribution is 7.88. The molecule has 2 aliphatic rings. The summed E-state index contributed by atoms with van der Waals surface area (Å²) in [7, 11) is -3.65. The summed E-state index contributed by atoms with van der Waals surface area (Å²) >= 11 is 0. The SMILES string of the molecule is CCCCCCC(C)C(=O)N=C(N)N1CCC(CNC(=O)[C@@H]2CCCN2C(=O)[C@@H](Cc2ccccc2)NS(C)(=O)=O)CC1. The van der Waals surface area contributed by atoms with E-state index in [0.29, 0.717) is 39.0 Å². The van der Waals surface area contributed by atoms with Crippen molar-refractivity contribution in [2.75, 3.05) is 32.4 Å². The molecule has 1 unspecified atom stereocenters. The van der Waals surface area contributed by atoms with Gasteiger partial charge in [-0.05, 0) is 50.0 Å². The van der Waals surface area contributed by atoms with Gasteiger partial charge in [-0.2, -0.15) is 4.99 Å². The molecule has 0 saturated carbocycles. The Hall–Kier alpha value is -2.99. The lowest BCUT2D eigenvalue weighted by Gasteiger charge is -2.33. The van der Waals surface area contributed by atoms with Crippen LogP contribution in [0.15, 0.2) is 35.3 Å². The maximum atomic E-state index is 13.5. The van der Waals surface area contributed by atoms with Crippen molar-refractivity contribution in [2.24, 2.45) is 22.6 Å². The zero-order valence-corrected chi connectivity index (χ0v) is 26.8. The molecule has 240 valence electrons. The molecule has 3 rings (SSSR count). The zero-order chi connectivity index (χ0) is 31.4. The van der Waals surface area contributed by atoms with E-state index in [4.69, 9.17) is 5.73 Å².